The number of piperazine rings is 1. The first kappa shape index (κ1) is 14.2. The lowest BCUT2D eigenvalue weighted by atomic mass is 10.3. The van der Waals surface area contributed by atoms with E-state index in [9.17, 15) is 8.42 Å². The molecule has 0 saturated carbocycles. The van der Waals surface area contributed by atoms with Crippen LogP contribution in [0.25, 0.3) is 0 Å². The van der Waals surface area contributed by atoms with Gasteiger partial charge in [-0.2, -0.15) is 17.4 Å². The molecule has 6 nitrogen and oxygen atoms in total. The molecule has 0 amide bonds. The first-order chi connectivity index (χ1) is 8.51. The Morgan fingerprint density at radius 3 is 2.39 bits per heavy atom. The largest absolute Gasteiger partial charge is 0.304 e. The highest BCUT2D eigenvalue weighted by molar-refractivity contribution is 7.87. The normalized spacial score (nSPS) is 28.9. The Hall–Kier alpha value is -0.210. The third-order valence-electron chi connectivity index (χ3n) is 3.84. The molecule has 0 aliphatic carbocycles. The number of nitrogens with one attached hydrogen (secondary N) is 1. The van der Waals surface area contributed by atoms with Crippen molar-refractivity contribution in [2.45, 2.75) is 19.4 Å². The lowest BCUT2D eigenvalue weighted by molar-refractivity contribution is 0.220. The summed E-state index contributed by atoms with van der Waals surface area (Å²) in [5, 5.41) is 0. The molecule has 2 aliphatic heterocycles. The quantitative estimate of drug-likeness (QED) is 0.728. The van der Waals surface area contributed by atoms with Crippen molar-refractivity contribution in [3.05, 3.63) is 0 Å². The summed E-state index contributed by atoms with van der Waals surface area (Å²) in [6.45, 7) is 7.74. The molecule has 18 heavy (non-hydrogen) atoms. The zero-order valence-corrected chi connectivity index (χ0v) is 12.1. The van der Waals surface area contributed by atoms with Gasteiger partial charge in [-0.3, -0.25) is 0 Å². The summed E-state index contributed by atoms with van der Waals surface area (Å²) in [4.78, 5) is 4.43. The van der Waals surface area contributed by atoms with E-state index in [0.29, 0.717) is 13.1 Å². The second-order valence-electron chi connectivity index (χ2n) is 5.20. The average Bonchev–Trinajstić information content (AvgIpc) is 2.76. The van der Waals surface area contributed by atoms with E-state index in [1.165, 1.54) is 0 Å². The van der Waals surface area contributed by atoms with Crippen LogP contribution in [0, 0.1) is 0 Å². The number of likely N-dealkylation sites (N-methyl/N-ethyl adjacent to an activating group) is 2. The molecule has 2 aliphatic rings. The van der Waals surface area contributed by atoms with Crippen LogP contribution in [0.1, 0.15) is 13.3 Å². The van der Waals surface area contributed by atoms with Crippen molar-refractivity contribution in [1.29, 1.82) is 0 Å². The van der Waals surface area contributed by atoms with E-state index >= 15 is 0 Å². The summed E-state index contributed by atoms with van der Waals surface area (Å²) in [6.07, 6.45) is 0.917. The van der Waals surface area contributed by atoms with Gasteiger partial charge in [0.25, 0.3) is 10.2 Å². The van der Waals surface area contributed by atoms with Gasteiger partial charge in [-0.25, -0.2) is 0 Å². The predicted octanol–water partition coefficient (Wildman–Crippen LogP) is -0.838. The second kappa shape index (κ2) is 5.83. The number of nitrogens with zero attached hydrogens (tertiary/aromatic N) is 3. The molecule has 0 aromatic carbocycles. The predicted molar refractivity (Wildman–Crippen MR) is 71.6 cm³/mol. The van der Waals surface area contributed by atoms with E-state index in [1.807, 2.05) is 7.05 Å². The molecule has 2 saturated heterocycles. The molecule has 2 fully saturated rings. The molecular formula is C11H24N4O2S. The SMILES string of the molecule is CCN1CCC(NS(=O)(=O)N2CCN(C)CC2)C1. The molecular weight excluding hydrogens is 252 g/mol. The van der Waals surface area contributed by atoms with Crippen LogP contribution in [-0.2, 0) is 10.2 Å². The van der Waals surface area contributed by atoms with Gasteiger partial charge in [-0.15, -0.1) is 0 Å². The van der Waals surface area contributed by atoms with E-state index in [4.69, 9.17) is 0 Å². The summed E-state index contributed by atoms with van der Waals surface area (Å²) in [5.74, 6) is 0. The lowest BCUT2D eigenvalue weighted by Gasteiger charge is -2.32. The summed E-state index contributed by atoms with van der Waals surface area (Å²) in [7, 11) is -1.27. The van der Waals surface area contributed by atoms with Crippen molar-refractivity contribution in [3.8, 4) is 0 Å². The fourth-order valence-corrected chi connectivity index (χ4v) is 3.94. The first-order valence-electron chi connectivity index (χ1n) is 6.69. The van der Waals surface area contributed by atoms with Gasteiger partial charge >= 0.3 is 0 Å². The molecule has 106 valence electrons. The number of hydrogen-bond donors (Lipinski definition) is 1. The maximum Gasteiger partial charge on any atom is 0.279 e. The standard InChI is InChI=1S/C11H24N4O2S/c1-3-14-5-4-11(10-14)12-18(16,17)15-8-6-13(2)7-9-15/h11-12H,3-10H2,1-2H3. The Morgan fingerprint density at radius 1 is 1.17 bits per heavy atom. The van der Waals surface area contributed by atoms with Crippen LogP contribution in [0.5, 0.6) is 0 Å². The van der Waals surface area contributed by atoms with E-state index < -0.39 is 10.2 Å². The van der Waals surface area contributed by atoms with Crippen molar-refractivity contribution in [2.75, 3.05) is 52.9 Å². The van der Waals surface area contributed by atoms with Gasteiger partial charge in [0.2, 0.25) is 0 Å². The van der Waals surface area contributed by atoms with Crippen molar-refractivity contribution < 1.29 is 8.42 Å². The minimum absolute atomic E-state index is 0.0783. The lowest BCUT2D eigenvalue weighted by Crippen LogP contribution is -2.53. The van der Waals surface area contributed by atoms with E-state index in [-0.39, 0.29) is 6.04 Å². The first-order valence-corrected chi connectivity index (χ1v) is 8.13. The topological polar surface area (TPSA) is 55.9 Å². The van der Waals surface area contributed by atoms with Crippen molar-refractivity contribution >= 4 is 10.2 Å². The van der Waals surface area contributed by atoms with Crippen LogP contribution in [0.15, 0.2) is 0 Å². The number of rotatable bonds is 4. The van der Waals surface area contributed by atoms with Gasteiger partial charge in [0.1, 0.15) is 0 Å². The second-order valence-corrected chi connectivity index (χ2v) is 6.91. The van der Waals surface area contributed by atoms with Gasteiger partial charge < -0.3 is 9.80 Å². The van der Waals surface area contributed by atoms with Gasteiger partial charge in [0, 0.05) is 38.8 Å². The molecule has 1 unspecified atom stereocenters. The Bertz CT molecular complexity index is 365. The third-order valence-corrected chi connectivity index (χ3v) is 5.51. The van der Waals surface area contributed by atoms with Crippen LogP contribution >= 0.6 is 0 Å². The van der Waals surface area contributed by atoms with Crippen LogP contribution in [-0.4, -0.2) is 81.4 Å². The monoisotopic (exact) mass is 276 g/mol. The molecule has 7 heteroatoms. The van der Waals surface area contributed by atoms with Crippen molar-refractivity contribution in [1.82, 2.24) is 18.8 Å². The maximum atomic E-state index is 12.2. The zero-order chi connectivity index (χ0) is 13.2. The molecule has 0 aromatic rings. The number of likely N-dealkylation sites (tertiary alicyclic amines) is 1. The molecule has 0 aromatic heterocycles. The average molecular weight is 276 g/mol. The molecule has 2 rings (SSSR count). The highest BCUT2D eigenvalue weighted by Crippen LogP contribution is 2.12. The highest BCUT2D eigenvalue weighted by atomic mass is 32.2. The fourth-order valence-electron chi connectivity index (χ4n) is 2.53. The molecule has 2 heterocycles. The van der Waals surface area contributed by atoms with E-state index in [1.54, 1.807) is 4.31 Å². The van der Waals surface area contributed by atoms with Crippen LogP contribution in [0.3, 0.4) is 0 Å². The summed E-state index contributed by atoms with van der Waals surface area (Å²) >= 11 is 0. The summed E-state index contributed by atoms with van der Waals surface area (Å²) in [5.41, 5.74) is 0. The van der Waals surface area contributed by atoms with Gasteiger partial charge in [0.15, 0.2) is 0 Å². The smallest absolute Gasteiger partial charge is 0.279 e. The van der Waals surface area contributed by atoms with Crippen LogP contribution < -0.4 is 4.72 Å². The third kappa shape index (κ3) is 3.42. The molecule has 0 bridgehead atoms. The van der Waals surface area contributed by atoms with E-state index in [0.717, 1.165) is 39.1 Å². The van der Waals surface area contributed by atoms with Crippen LogP contribution in [0.2, 0.25) is 0 Å². The molecule has 0 radical (unpaired) electrons. The number of hydrogen-bond acceptors (Lipinski definition) is 4. The summed E-state index contributed by atoms with van der Waals surface area (Å²) in [6, 6.07) is 0.0783. The van der Waals surface area contributed by atoms with Crippen molar-refractivity contribution in [2.24, 2.45) is 0 Å². The minimum Gasteiger partial charge on any atom is -0.304 e. The van der Waals surface area contributed by atoms with Gasteiger partial charge in [-0.05, 0) is 26.6 Å². The molecule has 1 atom stereocenters. The Balaban J connectivity index is 1.88. The molecule has 0 spiro atoms. The zero-order valence-electron chi connectivity index (χ0n) is 11.3. The summed E-state index contributed by atoms with van der Waals surface area (Å²) < 4.78 is 28.9. The Labute approximate surface area is 110 Å². The van der Waals surface area contributed by atoms with Crippen molar-refractivity contribution in [3.63, 3.8) is 0 Å². The minimum atomic E-state index is -3.29. The fraction of sp³-hybridized carbons (Fsp3) is 1.00. The highest BCUT2D eigenvalue weighted by Gasteiger charge is 2.30. The Morgan fingerprint density at radius 2 is 1.83 bits per heavy atom. The maximum absolute atomic E-state index is 12.2. The van der Waals surface area contributed by atoms with E-state index in [2.05, 4.69) is 21.4 Å². The van der Waals surface area contributed by atoms with Gasteiger partial charge in [-0.1, -0.05) is 6.92 Å². The van der Waals surface area contributed by atoms with Gasteiger partial charge in [0.05, 0.1) is 0 Å². The Kier molecular flexibility index (Phi) is 4.60. The van der Waals surface area contributed by atoms with Crippen LogP contribution in [0.4, 0.5) is 0 Å². The molecule has 1 N–H and O–H groups in total.